The molecule has 0 aliphatic heterocycles. The zero-order chi connectivity index (χ0) is 16.9. The van der Waals surface area contributed by atoms with Crippen molar-refractivity contribution in [2.75, 3.05) is 12.4 Å². The SMILES string of the molecule is CNC(=O)Oc1ccc(NC(=O)c2ccccc2)c2c1CCCC2. The van der Waals surface area contributed by atoms with E-state index in [1.165, 1.54) is 7.05 Å². The van der Waals surface area contributed by atoms with Crippen molar-refractivity contribution in [2.45, 2.75) is 25.7 Å². The van der Waals surface area contributed by atoms with E-state index in [0.717, 1.165) is 42.5 Å². The monoisotopic (exact) mass is 324 g/mol. The van der Waals surface area contributed by atoms with Gasteiger partial charge in [0, 0.05) is 23.9 Å². The molecule has 5 heteroatoms. The van der Waals surface area contributed by atoms with Gasteiger partial charge >= 0.3 is 6.09 Å². The first-order valence-electron chi connectivity index (χ1n) is 8.09. The van der Waals surface area contributed by atoms with Gasteiger partial charge in [-0.25, -0.2) is 4.79 Å². The molecular weight excluding hydrogens is 304 g/mol. The smallest absolute Gasteiger partial charge is 0.410 e. The lowest BCUT2D eigenvalue weighted by molar-refractivity contribution is 0.102. The molecule has 2 N–H and O–H groups in total. The third-order valence-electron chi connectivity index (χ3n) is 4.18. The number of carbonyl (C=O) groups excluding carboxylic acids is 2. The van der Waals surface area contributed by atoms with E-state index >= 15 is 0 Å². The summed E-state index contributed by atoms with van der Waals surface area (Å²) in [7, 11) is 1.53. The highest BCUT2D eigenvalue weighted by atomic mass is 16.6. The molecule has 1 aliphatic rings. The molecule has 0 saturated heterocycles. The van der Waals surface area contributed by atoms with Gasteiger partial charge in [-0.1, -0.05) is 18.2 Å². The number of amides is 2. The normalized spacial score (nSPS) is 12.9. The first-order valence-corrected chi connectivity index (χ1v) is 8.09. The number of nitrogens with one attached hydrogen (secondary N) is 2. The number of carbonyl (C=O) groups is 2. The first-order chi connectivity index (χ1) is 11.7. The van der Waals surface area contributed by atoms with Gasteiger partial charge in [0.1, 0.15) is 5.75 Å². The van der Waals surface area contributed by atoms with E-state index in [4.69, 9.17) is 4.74 Å². The van der Waals surface area contributed by atoms with Crippen molar-refractivity contribution in [2.24, 2.45) is 0 Å². The molecular formula is C19H20N2O3. The molecule has 0 unspecified atom stereocenters. The van der Waals surface area contributed by atoms with Crippen LogP contribution >= 0.6 is 0 Å². The Morgan fingerprint density at radius 2 is 1.67 bits per heavy atom. The number of hydrogen-bond acceptors (Lipinski definition) is 3. The molecule has 3 rings (SSSR count). The van der Waals surface area contributed by atoms with Crippen molar-refractivity contribution < 1.29 is 14.3 Å². The number of hydrogen-bond donors (Lipinski definition) is 2. The quantitative estimate of drug-likeness (QED) is 0.907. The Morgan fingerprint density at radius 1 is 0.958 bits per heavy atom. The maximum atomic E-state index is 12.4. The number of rotatable bonds is 3. The van der Waals surface area contributed by atoms with Gasteiger partial charge in [0.25, 0.3) is 5.91 Å². The molecule has 0 aromatic heterocycles. The molecule has 1 aliphatic carbocycles. The summed E-state index contributed by atoms with van der Waals surface area (Å²) in [6.45, 7) is 0. The van der Waals surface area contributed by atoms with E-state index in [0.29, 0.717) is 11.3 Å². The highest BCUT2D eigenvalue weighted by molar-refractivity contribution is 6.04. The fourth-order valence-corrected chi connectivity index (χ4v) is 2.98. The van der Waals surface area contributed by atoms with Crippen LogP contribution in [0.3, 0.4) is 0 Å². The van der Waals surface area contributed by atoms with E-state index in [1.54, 1.807) is 18.2 Å². The second-order valence-corrected chi connectivity index (χ2v) is 5.74. The zero-order valence-corrected chi connectivity index (χ0v) is 13.6. The Morgan fingerprint density at radius 3 is 2.38 bits per heavy atom. The first kappa shape index (κ1) is 16.1. The van der Waals surface area contributed by atoms with E-state index in [1.807, 2.05) is 24.3 Å². The average Bonchev–Trinajstić information content (AvgIpc) is 2.64. The summed E-state index contributed by atoms with van der Waals surface area (Å²) in [4.78, 5) is 23.9. The Bertz CT molecular complexity index is 757. The van der Waals surface area contributed by atoms with E-state index in [2.05, 4.69) is 10.6 Å². The minimum absolute atomic E-state index is 0.136. The van der Waals surface area contributed by atoms with Crippen molar-refractivity contribution in [3.05, 3.63) is 59.2 Å². The molecule has 0 bridgehead atoms. The Kier molecular flexibility index (Phi) is 4.79. The molecule has 0 heterocycles. The summed E-state index contributed by atoms with van der Waals surface area (Å²) < 4.78 is 5.34. The Labute approximate surface area is 141 Å². The third-order valence-corrected chi connectivity index (χ3v) is 4.18. The second-order valence-electron chi connectivity index (χ2n) is 5.74. The van der Waals surface area contributed by atoms with Gasteiger partial charge in [-0.15, -0.1) is 0 Å². The third kappa shape index (κ3) is 3.40. The fourth-order valence-electron chi connectivity index (χ4n) is 2.98. The van der Waals surface area contributed by atoms with Gasteiger partial charge < -0.3 is 15.4 Å². The fraction of sp³-hybridized carbons (Fsp3) is 0.263. The number of fused-ring (bicyclic) bond motifs is 1. The molecule has 0 saturated carbocycles. The predicted octanol–water partition coefficient (Wildman–Crippen LogP) is 3.54. The summed E-state index contributed by atoms with van der Waals surface area (Å²) in [5.74, 6) is 0.435. The molecule has 2 aromatic rings. The molecule has 2 aromatic carbocycles. The molecule has 124 valence electrons. The van der Waals surface area contributed by atoms with Crippen LogP contribution in [0.4, 0.5) is 10.5 Å². The number of ether oxygens (including phenoxy) is 1. The molecule has 0 atom stereocenters. The molecule has 5 nitrogen and oxygen atoms in total. The van der Waals surface area contributed by atoms with Crippen LogP contribution in [0.5, 0.6) is 5.75 Å². The van der Waals surface area contributed by atoms with Gasteiger partial charge in [-0.05, 0) is 55.5 Å². The van der Waals surface area contributed by atoms with Gasteiger partial charge in [-0.2, -0.15) is 0 Å². The van der Waals surface area contributed by atoms with Crippen LogP contribution < -0.4 is 15.4 Å². The highest BCUT2D eigenvalue weighted by Gasteiger charge is 2.20. The van der Waals surface area contributed by atoms with Crippen molar-refractivity contribution in [3.63, 3.8) is 0 Å². The van der Waals surface area contributed by atoms with E-state index in [-0.39, 0.29) is 5.91 Å². The maximum absolute atomic E-state index is 12.4. The summed E-state index contributed by atoms with van der Waals surface area (Å²) in [5, 5.41) is 5.44. The highest BCUT2D eigenvalue weighted by Crippen LogP contribution is 2.35. The lowest BCUT2D eigenvalue weighted by Gasteiger charge is -2.22. The van der Waals surface area contributed by atoms with Crippen molar-refractivity contribution in [1.82, 2.24) is 5.32 Å². The van der Waals surface area contributed by atoms with Crippen molar-refractivity contribution in [3.8, 4) is 5.75 Å². The molecule has 2 amide bonds. The topological polar surface area (TPSA) is 67.4 Å². The van der Waals surface area contributed by atoms with Gasteiger partial charge in [0.15, 0.2) is 0 Å². The van der Waals surface area contributed by atoms with Crippen LogP contribution in [0.25, 0.3) is 0 Å². The Hall–Kier alpha value is -2.82. The van der Waals surface area contributed by atoms with E-state index < -0.39 is 6.09 Å². The number of benzene rings is 2. The summed E-state index contributed by atoms with van der Waals surface area (Å²) in [6, 6.07) is 12.7. The van der Waals surface area contributed by atoms with Crippen molar-refractivity contribution >= 4 is 17.7 Å². The Balaban J connectivity index is 1.89. The largest absolute Gasteiger partial charge is 0.412 e. The minimum Gasteiger partial charge on any atom is -0.410 e. The molecule has 24 heavy (non-hydrogen) atoms. The predicted molar refractivity (Wildman–Crippen MR) is 92.6 cm³/mol. The molecule has 0 spiro atoms. The summed E-state index contributed by atoms with van der Waals surface area (Å²) >= 11 is 0. The van der Waals surface area contributed by atoms with Crippen LogP contribution in [-0.2, 0) is 12.8 Å². The summed E-state index contributed by atoms with van der Waals surface area (Å²) in [5.41, 5.74) is 3.48. The van der Waals surface area contributed by atoms with Gasteiger partial charge in [0.2, 0.25) is 0 Å². The number of anilines is 1. The van der Waals surface area contributed by atoms with Crippen LogP contribution in [0.15, 0.2) is 42.5 Å². The average molecular weight is 324 g/mol. The van der Waals surface area contributed by atoms with Crippen LogP contribution in [-0.4, -0.2) is 19.0 Å². The second kappa shape index (κ2) is 7.17. The van der Waals surface area contributed by atoms with Crippen LogP contribution in [0.2, 0.25) is 0 Å². The lowest BCUT2D eigenvalue weighted by atomic mass is 9.89. The zero-order valence-electron chi connectivity index (χ0n) is 13.6. The van der Waals surface area contributed by atoms with Crippen molar-refractivity contribution in [1.29, 1.82) is 0 Å². The maximum Gasteiger partial charge on any atom is 0.412 e. The lowest BCUT2D eigenvalue weighted by Crippen LogP contribution is -2.23. The van der Waals surface area contributed by atoms with Crippen LogP contribution in [0, 0.1) is 0 Å². The molecule has 0 fully saturated rings. The standard InChI is InChI=1S/C19H20N2O3/c1-20-19(23)24-17-12-11-16(14-9-5-6-10-15(14)17)21-18(22)13-7-3-2-4-8-13/h2-4,7-8,11-12H,5-6,9-10H2,1H3,(H,20,23)(H,21,22). The minimum atomic E-state index is -0.483. The van der Waals surface area contributed by atoms with E-state index in [9.17, 15) is 9.59 Å². The van der Waals surface area contributed by atoms with Crippen LogP contribution in [0.1, 0.15) is 34.3 Å². The van der Waals surface area contributed by atoms with Gasteiger partial charge in [-0.3, -0.25) is 4.79 Å². The van der Waals surface area contributed by atoms with Gasteiger partial charge in [0.05, 0.1) is 0 Å². The summed E-state index contributed by atoms with van der Waals surface area (Å²) in [6.07, 6.45) is 3.34. The molecule has 0 radical (unpaired) electrons.